The maximum absolute atomic E-state index is 11.9. The summed E-state index contributed by atoms with van der Waals surface area (Å²) in [5, 5.41) is 0. The van der Waals surface area contributed by atoms with E-state index in [2.05, 4.69) is 0 Å². The molecule has 1 heteroatoms. The lowest BCUT2D eigenvalue weighted by molar-refractivity contribution is 0.0926. The maximum Gasteiger partial charge on any atom is 0.165 e. The fraction of sp³-hybridized carbons (Fsp3) is 0.462. The van der Waals surface area contributed by atoms with Gasteiger partial charge in [-0.15, -0.1) is 0 Å². The van der Waals surface area contributed by atoms with Crippen LogP contribution in [0, 0.1) is 19.8 Å². The fourth-order valence-corrected chi connectivity index (χ4v) is 1.47. The molecule has 0 heterocycles. The van der Waals surface area contributed by atoms with Crippen molar-refractivity contribution in [3.05, 3.63) is 34.9 Å². The Kier molecular flexibility index (Phi) is 3.45. The van der Waals surface area contributed by atoms with Crippen molar-refractivity contribution in [3.8, 4) is 0 Å². The van der Waals surface area contributed by atoms with E-state index < -0.39 is 0 Å². The van der Waals surface area contributed by atoms with E-state index in [1.165, 1.54) is 5.56 Å². The van der Waals surface area contributed by atoms with Gasteiger partial charge in [0.1, 0.15) is 0 Å². The summed E-state index contributed by atoms with van der Waals surface area (Å²) in [4.78, 5) is 11.9. The number of benzene rings is 1. The zero-order valence-corrected chi connectivity index (χ0v) is 9.42. The van der Waals surface area contributed by atoms with Crippen LogP contribution in [0.5, 0.6) is 0 Å². The lowest BCUT2D eigenvalue weighted by Gasteiger charge is -2.11. The molecular formula is C13H18O. The smallest absolute Gasteiger partial charge is 0.165 e. The van der Waals surface area contributed by atoms with Crippen molar-refractivity contribution in [1.82, 2.24) is 0 Å². The van der Waals surface area contributed by atoms with E-state index in [0.717, 1.165) is 17.5 Å². The van der Waals surface area contributed by atoms with Crippen molar-refractivity contribution < 1.29 is 4.79 Å². The zero-order valence-electron chi connectivity index (χ0n) is 9.42. The monoisotopic (exact) mass is 190 g/mol. The molecule has 0 aliphatic rings. The first-order chi connectivity index (χ1) is 6.57. The summed E-state index contributed by atoms with van der Waals surface area (Å²) < 4.78 is 0. The Labute approximate surface area is 86.1 Å². The normalized spacial score (nSPS) is 12.6. The van der Waals surface area contributed by atoms with Gasteiger partial charge in [0.25, 0.3) is 0 Å². The third kappa shape index (κ3) is 2.03. The summed E-state index contributed by atoms with van der Waals surface area (Å²) in [5.41, 5.74) is 3.20. The van der Waals surface area contributed by atoms with E-state index in [0.29, 0.717) is 0 Å². The van der Waals surface area contributed by atoms with Crippen molar-refractivity contribution in [1.29, 1.82) is 0 Å². The lowest BCUT2D eigenvalue weighted by atomic mass is 9.92. The number of ketones is 1. The SMILES string of the molecule is CCC(C)C(=O)c1cccc(C)c1C. The highest BCUT2D eigenvalue weighted by Crippen LogP contribution is 2.18. The van der Waals surface area contributed by atoms with Gasteiger partial charge in [0.05, 0.1) is 0 Å². The largest absolute Gasteiger partial charge is 0.294 e. The summed E-state index contributed by atoms with van der Waals surface area (Å²) >= 11 is 0. The minimum absolute atomic E-state index is 0.135. The second-order valence-electron chi connectivity index (χ2n) is 3.92. The predicted molar refractivity (Wildman–Crippen MR) is 59.7 cm³/mol. The minimum Gasteiger partial charge on any atom is -0.294 e. The average molecular weight is 190 g/mol. The summed E-state index contributed by atoms with van der Waals surface area (Å²) in [6.45, 7) is 8.10. The Hall–Kier alpha value is -1.11. The Balaban J connectivity index is 3.07. The van der Waals surface area contributed by atoms with Crippen molar-refractivity contribution in [2.45, 2.75) is 34.1 Å². The molecule has 1 aromatic rings. The molecule has 0 aliphatic heterocycles. The molecule has 1 aromatic carbocycles. The second kappa shape index (κ2) is 4.41. The fourth-order valence-electron chi connectivity index (χ4n) is 1.47. The number of carbonyl (C=O) groups is 1. The van der Waals surface area contributed by atoms with Gasteiger partial charge in [-0.3, -0.25) is 4.79 Å². The molecule has 76 valence electrons. The number of aryl methyl sites for hydroxylation is 1. The molecule has 1 nitrogen and oxygen atoms in total. The number of hydrogen-bond donors (Lipinski definition) is 0. The van der Waals surface area contributed by atoms with Crippen LogP contribution < -0.4 is 0 Å². The standard InChI is InChI=1S/C13H18O/c1-5-9(2)13(14)12-8-6-7-10(3)11(12)4/h6-9H,5H2,1-4H3. The molecule has 0 amide bonds. The summed E-state index contributed by atoms with van der Waals surface area (Å²) in [6, 6.07) is 5.93. The van der Waals surface area contributed by atoms with E-state index in [-0.39, 0.29) is 11.7 Å². The molecule has 0 N–H and O–H groups in total. The maximum atomic E-state index is 11.9. The van der Waals surface area contributed by atoms with Crippen LogP contribution in [0.2, 0.25) is 0 Å². The van der Waals surface area contributed by atoms with Crippen LogP contribution in [0.4, 0.5) is 0 Å². The van der Waals surface area contributed by atoms with Gasteiger partial charge in [-0.05, 0) is 31.4 Å². The number of Topliss-reactive ketones (excluding diaryl/α,β-unsaturated/α-hetero) is 1. The summed E-state index contributed by atoms with van der Waals surface area (Å²) in [6.07, 6.45) is 0.909. The first-order valence-electron chi connectivity index (χ1n) is 5.18. The van der Waals surface area contributed by atoms with E-state index in [9.17, 15) is 4.79 Å². The molecule has 0 radical (unpaired) electrons. The van der Waals surface area contributed by atoms with E-state index >= 15 is 0 Å². The van der Waals surface area contributed by atoms with Crippen LogP contribution in [-0.2, 0) is 0 Å². The van der Waals surface area contributed by atoms with Gasteiger partial charge in [-0.25, -0.2) is 0 Å². The Bertz CT molecular complexity index is 339. The van der Waals surface area contributed by atoms with E-state index in [4.69, 9.17) is 0 Å². The van der Waals surface area contributed by atoms with E-state index in [1.54, 1.807) is 0 Å². The molecule has 0 saturated heterocycles. The molecule has 0 saturated carbocycles. The van der Waals surface area contributed by atoms with Crippen LogP contribution in [0.15, 0.2) is 18.2 Å². The lowest BCUT2D eigenvalue weighted by Crippen LogP contribution is -2.12. The van der Waals surface area contributed by atoms with Crippen LogP contribution in [-0.4, -0.2) is 5.78 Å². The molecule has 0 aliphatic carbocycles. The highest BCUT2D eigenvalue weighted by Gasteiger charge is 2.15. The highest BCUT2D eigenvalue weighted by molar-refractivity contribution is 5.99. The molecule has 0 bridgehead atoms. The second-order valence-corrected chi connectivity index (χ2v) is 3.92. The molecule has 14 heavy (non-hydrogen) atoms. The van der Waals surface area contributed by atoms with Crippen molar-refractivity contribution in [3.63, 3.8) is 0 Å². The summed E-state index contributed by atoms with van der Waals surface area (Å²) in [7, 11) is 0. The van der Waals surface area contributed by atoms with Crippen LogP contribution in [0.3, 0.4) is 0 Å². The van der Waals surface area contributed by atoms with Gasteiger partial charge in [0.15, 0.2) is 5.78 Å². The van der Waals surface area contributed by atoms with Crippen LogP contribution >= 0.6 is 0 Å². The highest BCUT2D eigenvalue weighted by atomic mass is 16.1. The Morgan fingerprint density at radius 1 is 1.36 bits per heavy atom. The van der Waals surface area contributed by atoms with Gasteiger partial charge in [-0.1, -0.05) is 32.0 Å². The summed E-state index contributed by atoms with van der Waals surface area (Å²) in [5.74, 6) is 0.407. The minimum atomic E-state index is 0.135. The Morgan fingerprint density at radius 2 is 2.00 bits per heavy atom. The van der Waals surface area contributed by atoms with Gasteiger partial charge in [0.2, 0.25) is 0 Å². The molecule has 1 rings (SSSR count). The van der Waals surface area contributed by atoms with E-state index in [1.807, 2.05) is 45.9 Å². The van der Waals surface area contributed by atoms with Gasteiger partial charge in [-0.2, -0.15) is 0 Å². The quantitative estimate of drug-likeness (QED) is 0.666. The molecule has 0 spiro atoms. The molecular weight excluding hydrogens is 172 g/mol. The third-order valence-electron chi connectivity index (χ3n) is 2.93. The Morgan fingerprint density at radius 3 is 2.57 bits per heavy atom. The molecule has 0 fully saturated rings. The first kappa shape index (κ1) is 11.0. The number of carbonyl (C=O) groups excluding carboxylic acids is 1. The molecule has 1 unspecified atom stereocenters. The zero-order chi connectivity index (χ0) is 10.7. The number of rotatable bonds is 3. The molecule has 0 aromatic heterocycles. The van der Waals surface area contributed by atoms with Gasteiger partial charge < -0.3 is 0 Å². The van der Waals surface area contributed by atoms with Crippen LogP contribution in [0.1, 0.15) is 41.8 Å². The third-order valence-corrected chi connectivity index (χ3v) is 2.93. The first-order valence-corrected chi connectivity index (χ1v) is 5.18. The van der Waals surface area contributed by atoms with Crippen LogP contribution in [0.25, 0.3) is 0 Å². The average Bonchev–Trinajstić information content (AvgIpc) is 2.20. The van der Waals surface area contributed by atoms with Crippen molar-refractivity contribution in [2.75, 3.05) is 0 Å². The van der Waals surface area contributed by atoms with Crippen molar-refractivity contribution >= 4 is 5.78 Å². The van der Waals surface area contributed by atoms with Crippen molar-refractivity contribution in [2.24, 2.45) is 5.92 Å². The van der Waals surface area contributed by atoms with Gasteiger partial charge in [0, 0.05) is 11.5 Å². The topological polar surface area (TPSA) is 17.1 Å². The molecule has 1 atom stereocenters. The number of hydrogen-bond acceptors (Lipinski definition) is 1. The predicted octanol–water partition coefficient (Wildman–Crippen LogP) is 3.53. The van der Waals surface area contributed by atoms with Gasteiger partial charge >= 0.3 is 0 Å².